The van der Waals surface area contributed by atoms with E-state index in [4.69, 9.17) is 16.0 Å². The summed E-state index contributed by atoms with van der Waals surface area (Å²) in [5, 5.41) is 21.4. The lowest BCUT2D eigenvalue weighted by molar-refractivity contribution is -0.384. The Morgan fingerprint density at radius 2 is 1.96 bits per heavy atom. The molecule has 0 aliphatic heterocycles. The molecule has 0 N–H and O–H groups in total. The number of halogens is 1. The van der Waals surface area contributed by atoms with Crippen LogP contribution in [0.3, 0.4) is 0 Å². The number of hydrogen-bond donors (Lipinski definition) is 0. The van der Waals surface area contributed by atoms with Crippen LogP contribution in [0.1, 0.15) is 5.56 Å². The van der Waals surface area contributed by atoms with Crippen LogP contribution in [0, 0.1) is 10.1 Å². The number of furan rings is 1. The van der Waals surface area contributed by atoms with Crippen molar-refractivity contribution in [2.45, 2.75) is 10.9 Å². The quantitative estimate of drug-likeness (QED) is 0.263. The van der Waals surface area contributed by atoms with Gasteiger partial charge in [0.05, 0.1) is 4.92 Å². The molecule has 9 heteroatoms. The number of rotatable bonds is 5. The molecule has 2 heterocycles. The van der Waals surface area contributed by atoms with Crippen LogP contribution in [-0.4, -0.2) is 19.7 Å². The van der Waals surface area contributed by atoms with Gasteiger partial charge in [-0.15, -0.1) is 10.2 Å². The van der Waals surface area contributed by atoms with Crippen molar-refractivity contribution in [3.8, 4) is 11.6 Å². The molecule has 136 valence electrons. The first-order valence-corrected chi connectivity index (χ1v) is 9.32. The van der Waals surface area contributed by atoms with Gasteiger partial charge in [-0.25, -0.2) is 0 Å². The Hall–Kier alpha value is -2.84. The van der Waals surface area contributed by atoms with Crippen LogP contribution in [0.25, 0.3) is 22.6 Å². The highest BCUT2D eigenvalue weighted by Gasteiger charge is 2.16. The van der Waals surface area contributed by atoms with Gasteiger partial charge in [-0.3, -0.25) is 10.1 Å². The molecule has 2 aromatic heterocycles. The molecule has 0 bridgehead atoms. The van der Waals surface area contributed by atoms with Crippen LogP contribution in [0.5, 0.6) is 0 Å². The summed E-state index contributed by atoms with van der Waals surface area (Å²) in [6.07, 6.45) is 0. The van der Waals surface area contributed by atoms with Gasteiger partial charge in [0.15, 0.2) is 16.7 Å². The fraction of sp³-hybridized carbons (Fsp3) is 0.111. The second-order valence-corrected chi connectivity index (χ2v) is 7.25. The van der Waals surface area contributed by atoms with Crippen LogP contribution in [-0.2, 0) is 12.8 Å². The Morgan fingerprint density at radius 3 is 2.70 bits per heavy atom. The maximum absolute atomic E-state index is 10.7. The summed E-state index contributed by atoms with van der Waals surface area (Å²) >= 11 is 7.52. The summed E-state index contributed by atoms with van der Waals surface area (Å²) in [6.45, 7) is 0. The molecule has 0 unspecified atom stereocenters. The van der Waals surface area contributed by atoms with Gasteiger partial charge in [0.25, 0.3) is 5.69 Å². The van der Waals surface area contributed by atoms with Crippen LogP contribution >= 0.6 is 23.4 Å². The zero-order chi connectivity index (χ0) is 19.0. The van der Waals surface area contributed by atoms with E-state index in [0.29, 0.717) is 22.4 Å². The summed E-state index contributed by atoms with van der Waals surface area (Å²) in [6, 6.07) is 13.8. The van der Waals surface area contributed by atoms with Crippen molar-refractivity contribution in [1.82, 2.24) is 14.8 Å². The molecule has 4 rings (SSSR count). The number of benzene rings is 2. The third-order valence-corrected chi connectivity index (χ3v) is 5.38. The highest BCUT2D eigenvalue weighted by molar-refractivity contribution is 7.98. The minimum absolute atomic E-state index is 0.0784. The number of non-ortho nitro benzene ring substituents is 1. The maximum atomic E-state index is 10.7. The first-order chi connectivity index (χ1) is 13.0. The molecule has 0 aliphatic carbocycles. The van der Waals surface area contributed by atoms with E-state index in [9.17, 15) is 10.1 Å². The summed E-state index contributed by atoms with van der Waals surface area (Å²) < 4.78 is 7.70. The molecular weight excluding hydrogens is 388 g/mol. The van der Waals surface area contributed by atoms with Gasteiger partial charge in [0.2, 0.25) is 0 Å². The number of thioether (sulfide) groups is 1. The highest BCUT2D eigenvalue weighted by atomic mass is 35.5. The fourth-order valence-corrected chi connectivity index (χ4v) is 3.69. The lowest BCUT2D eigenvalue weighted by Gasteiger charge is -2.02. The van der Waals surface area contributed by atoms with E-state index in [0.717, 1.165) is 21.7 Å². The number of fused-ring (bicyclic) bond motifs is 1. The summed E-state index contributed by atoms with van der Waals surface area (Å²) in [5.74, 6) is 1.86. The molecule has 0 spiro atoms. The Kier molecular flexibility index (Phi) is 4.59. The summed E-state index contributed by atoms with van der Waals surface area (Å²) in [7, 11) is 1.87. The number of nitrogens with zero attached hydrogens (tertiary/aromatic N) is 4. The van der Waals surface area contributed by atoms with Gasteiger partial charge in [0, 0.05) is 35.3 Å². The first kappa shape index (κ1) is 17.6. The third kappa shape index (κ3) is 3.54. The monoisotopic (exact) mass is 400 g/mol. The fourth-order valence-electron chi connectivity index (χ4n) is 2.64. The molecule has 0 amide bonds. The summed E-state index contributed by atoms with van der Waals surface area (Å²) in [5.41, 5.74) is 1.78. The summed E-state index contributed by atoms with van der Waals surface area (Å²) in [4.78, 5) is 10.3. The highest BCUT2D eigenvalue weighted by Crippen LogP contribution is 2.30. The molecule has 7 nitrogen and oxygen atoms in total. The lowest BCUT2D eigenvalue weighted by Crippen LogP contribution is -1.94. The molecular formula is C18H13ClN4O3S. The van der Waals surface area contributed by atoms with Gasteiger partial charge in [-0.1, -0.05) is 35.5 Å². The van der Waals surface area contributed by atoms with Crippen molar-refractivity contribution >= 4 is 40.0 Å². The predicted octanol–water partition coefficient (Wildman–Crippen LogP) is 5.08. The normalized spacial score (nSPS) is 11.2. The molecule has 27 heavy (non-hydrogen) atoms. The smallest absolute Gasteiger partial charge is 0.269 e. The number of aromatic nitrogens is 3. The van der Waals surface area contributed by atoms with Crippen molar-refractivity contribution in [1.29, 1.82) is 0 Å². The molecule has 2 aromatic carbocycles. The van der Waals surface area contributed by atoms with E-state index >= 15 is 0 Å². The standard InChI is InChI=1S/C18H13ClN4O3S/c1-22-17(16-9-12-8-13(19)4-7-15(12)26-16)20-21-18(22)27-10-11-2-5-14(6-3-11)23(24)25/h2-9H,10H2,1H3. The van der Waals surface area contributed by atoms with E-state index in [1.807, 2.05) is 29.8 Å². The largest absolute Gasteiger partial charge is 0.453 e. The first-order valence-electron chi connectivity index (χ1n) is 7.96. The van der Waals surface area contributed by atoms with Gasteiger partial charge < -0.3 is 8.98 Å². The number of hydrogen-bond acceptors (Lipinski definition) is 6. The molecule has 0 radical (unpaired) electrons. The van der Waals surface area contributed by atoms with Crippen molar-refractivity contribution in [2.24, 2.45) is 7.05 Å². The van der Waals surface area contributed by atoms with Crippen LogP contribution in [0.15, 0.2) is 58.1 Å². The van der Waals surface area contributed by atoms with Crippen LogP contribution < -0.4 is 0 Å². The molecule has 0 aliphatic rings. The van der Waals surface area contributed by atoms with Crippen LogP contribution in [0.2, 0.25) is 5.02 Å². The van der Waals surface area contributed by atoms with Crippen LogP contribution in [0.4, 0.5) is 5.69 Å². The minimum atomic E-state index is -0.410. The Bertz CT molecular complexity index is 1140. The van der Waals surface area contributed by atoms with E-state index < -0.39 is 4.92 Å². The Labute approximate surface area is 163 Å². The van der Waals surface area contributed by atoms with Gasteiger partial charge >= 0.3 is 0 Å². The van der Waals surface area contributed by atoms with E-state index in [1.54, 1.807) is 18.2 Å². The molecule has 0 saturated heterocycles. The molecule has 4 aromatic rings. The maximum Gasteiger partial charge on any atom is 0.269 e. The van der Waals surface area contributed by atoms with Crippen molar-refractivity contribution < 1.29 is 9.34 Å². The molecule has 0 saturated carbocycles. The zero-order valence-electron chi connectivity index (χ0n) is 14.1. The van der Waals surface area contributed by atoms with E-state index in [2.05, 4.69) is 10.2 Å². The molecule has 0 atom stereocenters. The zero-order valence-corrected chi connectivity index (χ0v) is 15.7. The lowest BCUT2D eigenvalue weighted by atomic mass is 10.2. The van der Waals surface area contributed by atoms with E-state index in [-0.39, 0.29) is 5.69 Å². The van der Waals surface area contributed by atoms with Crippen molar-refractivity contribution in [3.63, 3.8) is 0 Å². The number of nitro benzene ring substituents is 1. The second-order valence-electron chi connectivity index (χ2n) is 5.87. The average Bonchev–Trinajstić information content (AvgIpc) is 3.23. The van der Waals surface area contributed by atoms with Crippen molar-refractivity contribution in [2.75, 3.05) is 0 Å². The van der Waals surface area contributed by atoms with Gasteiger partial charge in [-0.05, 0) is 29.8 Å². The predicted molar refractivity (Wildman–Crippen MR) is 104 cm³/mol. The minimum Gasteiger partial charge on any atom is -0.453 e. The topological polar surface area (TPSA) is 87.0 Å². The molecule has 0 fully saturated rings. The van der Waals surface area contributed by atoms with Crippen molar-refractivity contribution in [3.05, 3.63) is 69.2 Å². The Balaban J connectivity index is 1.53. The third-order valence-electron chi connectivity index (χ3n) is 4.05. The van der Waals surface area contributed by atoms with E-state index in [1.165, 1.54) is 23.9 Å². The second kappa shape index (κ2) is 7.05. The average molecular weight is 401 g/mol. The number of nitro groups is 1. The van der Waals surface area contributed by atoms with Gasteiger partial charge in [-0.2, -0.15) is 0 Å². The van der Waals surface area contributed by atoms with Gasteiger partial charge in [0.1, 0.15) is 5.58 Å². The SMILES string of the molecule is Cn1c(SCc2ccc([N+](=O)[O-])cc2)nnc1-c1cc2cc(Cl)ccc2o1. The Morgan fingerprint density at radius 1 is 1.19 bits per heavy atom.